The zero-order valence-corrected chi connectivity index (χ0v) is 28.8. The smallest absolute Gasteiger partial charge is 0.229 e. The Kier molecular flexibility index (Phi) is 10.4. The summed E-state index contributed by atoms with van der Waals surface area (Å²) in [6.07, 6.45) is 10.0. The number of rotatable bonds is 13. The lowest BCUT2D eigenvalue weighted by Gasteiger charge is -2.28. The Morgan fingerprint density at radius 3 is 2.67 bits per heavy atom. The number of likely N-dealkylation sites (tertiary alicyclic amines) is 1. The van der Waals surface area contributed by atoms with Crippen molar-refractivity contribution in [3.8, 4) is 11.3 Å². The number of anilines is 2. The molecule has 0 atom stereocenters. The first-order chi connectivity index (χ1) is 23.2. The first kappa shape index (κ1) is 33.2. The summed E-state index contributed by atoms with van der Waals surface area (Å²) >= 11 is 0. The predicted octanol–water partition coefficient (Wildman–Crippen LogP) is 6.06. The van der Waals surface area contributed by atoms with E-state index in [9.17, 15) is 4.79 Å². The van der Waals surface area contributed by atoms with Gasteiger partial charge in [0.25, 0.3) is 0 Å². The molecule has 3 aromatic heterocycles. The zero-order valence-electron chi connectivity index (χ0n) is 28.8. The van der Waals surface area contributed by atoms with Crippen molar-refractivity contribution in [1.29, 1.82) is 0 Å². The van der Waals surface area contributed by atoms with Gasteiger partial charge in [0.1, 0.15) is 0 Å². The Morgan fingerprint density at radius 1 is 1.06 bits per heavy atom. The summed E-state index contributed by atoms with van der Waals surface area (Å²) in [5, 5.41) is 13.9. The maximum Gasteiger partial charge on any atom is 0.229 e. The number of hydrogen-bond donors (Lipinski definition) is 2. The summed E-state index contributed by atoms with van der Waals surface area (Å²) in [4.78, 5) is 31.6. The predicted molar refractivity (Wildman–Crippen MR) is 194 cm³/mol. The molecule has 6 rings (SSSR count). The van der Waals surface area contributed by atoms with E-state index < -0.39 is 0 Å². The molecule has 0 amide bonds. The monoisotopic (exact) mass is 645 g/mol. The normalized spacial score (nSPS) is 14.6. The fourth-order valence-corrected chi connectivity index (χ4v) is 6.28. The van der Waals surface area contributed by atoms with E-state index in [4.69, 9.17) is 15.0 Å². The van der Waals surface area contributed by atoms with E-state index >= 15 is 0 Å². The van der Waals surface area contributed by atoms with Gasteiger partial charge in [0.2, 0.25) is 11.9 Å². The largest absolute Gasteiger partial charge is 0.354 e. The number of fused-ring (bicyclic) bond motifs is 2. The van der Waals surface area contributed by atoms with Crippen LogP contribution < -0.4 is 10.6 Å². The maximum atomic E-state index is 12.6. The Labute approximate surface area is 283 Å². The number of pyridine rings is 1. The summed E-state index contributed by atoms with van der Waals surface area (Å²) in [7, 11) is 6.16. The molecule has 10 heteroatoms. The number of carbonyl (C=O) groups is 1. The third kappa shape index (κ3) is 7.89. The van der Waals surface area contributed by atoms with E-state index in [1.54, 1.807) is 6.08 Å². The second-order valence-corrected chi connectivity index (χ2v) is 13.5. The van der Waals surface area contributed by atoms with Gasteiger partial charge < -0.3 is 20.4 Å². The molecule has 250 valence electrons. The van der Waals surface area contributed by atoms with Gasteiger partial charge in [-0.2, -0.15) is 19.6 Å². The molecule has 5 aromatic rings. The van der Waals surface area contributed by atoms with Gasteiger partial charge in [0.05, 0.1) is 11.9 Å². The fourth-order valence-electron chi connectivity index (χ4n) is 6.28. The minimum Gasteiger partial charge on any atom is -0.354 e. The van der Waals surface area contributed by atoms with Crippen LogP contribution in [0.2, 0.25) is 0 Å². The quantitative estimate of drug-likeness (QED) is 0.148. The molecule has 1 aliphatic rings. The molecule has 1 saturated heterocycles. The molecule has 2 N–H and O–H groups in total. The lowest BCUT2D eigenvalue weighted by molar-refractivity contribution is -0.114. The molecular formula is C38H47N9O. The molecule has 4 heterocycles. The van der Waals surface area contributed by atoms with Gasteiger partial charge >= 0.3 is 0 Å². The van der Waals surface area contributed by atoms with Crippen LogP contribution in [0.4, 0.5) is 11.9 Å². The summed E-state index contributed by atoms with van der Waals surface area (Å²) < 4.78 is 1.81. The Balaban J connectivity index is 1.24. The van der Waals surface area contributed by atoms with Crippen molar-refractivity contribution in [3.63, 3.8) is 0 Å². The molecule has 0 aliphatic carbocycles. The molecule has 2 aromatic carbocycles. The number of likely N-dealkylation sites (N-methyl/N-ethyl adjacent to an activating group) is 1. The number of nitrogens with one attached hydrogen (secondary N) is 2. The van der Waals surface area contributed by atoms with E-state index in [1.807, 2.05) is 66.2 Å². The first-order valence-electron chi connectivity index (χ1n) is 17.0. The second-order valence-electron chi connectivity index (χ2n) is 13.5. The second kappa shape index (κ2) is 15.0. The van der Waals surface area contributed by atoms with Gasteiger partial charge in [-0.1, -0.05) is 62.4 Å². The van der Waals surface area contributed by atoms with E-state index in [1.165, 1.54) is 12.8 Å². The standard InChI is InChI=1S/C38H47N9O/c1-26(2)34-25-42-47-36(34)43-37(40-23-27-15-19-46(5)20-16-27)44-38(47)41-24-30-9-6-7-11-32(30)35-33-13-12-28(21-29(33)14-17-39-35)22-31(48)10-8-18-45(3)4/h6-14,17,21,25-27H,15-16,18-20,22-24H2,1-5H3,(H2,40,41,43,44)/b10-8+. The minimum absolute atomic E-state index is 0.0959. The number of allylic oxidation sites excluding steroid dienone is 1. The van der Waals surface area contributed by atoms with E-state index in [-0.39, 0.29) is 11.7 Å². The first-order valence-corrected chi connectivity index (χ1v) is 17.0. The highest BCUT2D eigenvalue weighted by Gasteiger charge is 2.19. The third-order valence-electron chi connectivity index (χ3n) is 9.10. The summed E-state index contributed by atoms with van der Waals surface area (Å²) in [6, 6.07) is 16.6. The number of piperidine rings is 1. The van der Waals surface area contributed by atoms with E-state index in [2.05, 4.69) is 65.8 Å². The highest BCUT2D eigenvalue weighted by molar-refractivity contribution is 5.97. The van der Waals surface area contributed by atoms with E-state index in [0.717, 1.165) is 70.5 Å². The zero-order chi connectivity index (χ0) is 33.6. The average molecular weight is 646 g/mol. The van der Waals surface area contributed by atoms with Crippen LogP contribution in [0.5, 0.6) is 0 Å². The van der Waals surface area contributed by atoms with Crippen LogP contribution in [0.3, 0.4) is 0 Å². The summed E-state index contributed by atoms with van der Waals surface area (Å²) in [5.74, 6) is 2.25. The van der Waals surface area contributed by atoms with Crippen molar-refractivity contribution in [3.05, 3.63) is 89.8 Å². The minimum atomic E-state index is 0.0959. The van der Waals surface area contributed by atoms with Gasteiger partial charge in [-0.05, 0) is 87.6 Å². The molecule has 0 unspecified atom stereocenters. The molecule has 0 spiro atoms. The van der Waals surface area contributed by atoms with Crippen molar-refractivity contribution in [2.75, 3.05) is 58.0 Å². The van der Waals surface area contributed by atoms with Gasteiger partial charge in [-0.3, -0.25) is 9.78 Å². The number of aromatic nitrogens is 5. The molecule has 48 heavy (non-hydrogen) atoms. The Morgan fingerprint density at radius 2 is 1.88 bits per heavy atom. The van der Waals surface area contributed by atoms with Crippen molar-refractivity contribution in [2.24, 2.45) is 5.92 Å². The lowest BCUT2D eigenvalue weighted by Crippen LogP contribution is -2.33. The molecule has 0 saturated carbocycles. The molecular weight excluding hydrogens is 598 g/mol. The molecule has 10 nitrogen and oxygen atoms in total. The third-order valence-corrected chi connectivity index (χ3v) is 9.10. The highest BCUT2D eigenvalue weighted by Crippen LogP contribution is 2.31. The van der Waals surface area contributed by atoms with Crippen molar-refractivity contribution in [2.45, 2.75) is 45.6 Å². The fraction of sp³-hybridized carbons (Fsp3) is 0.395. The number of nitrogens with zero attached hydrogens (tertiary/aromatic N) is 7. The van der Waals surface area contributed by atoms with Crippen molar-refractivity contribution in [1.82, 2.24) is 34.4 Å². The molecule has 1 aliphatic heterocycles. The van der Waals surface area contributed by atoms with E-state index in [0.29, 0.717) is 30.8 Å². The van der Waals surface area contributed by atoms with Gasteiger partial charge in [-0.25, -0.2) is 0 Å². The average Bonchev–Trinajstić information content (AvgIpc) is 3.51. The summed E-state index contributed by atoms with van der Waals surface area (Å²) in [6.45, 7) is 8.70. The van der Waals surface area contributed by atoms with Crippen LogP contribution in [0.1, 0.15) is 49.3 Å². The highest BCUT2D eigenvalue weighted by atomic mass is 16.1. The molecule has 0 bridgehead atoms. The van der Waals surface area contributed by atoms with Crippen molar-refractivity contribution >= 4 is 34.1 Å². The van der Waals surface area contributed by atoms with Gasteiger partial charge in [0.15, 0.2) is 11.4 Å². The molecule has 0 radical (unpaired) electrons. The van der Waals surface area contributed by atoms with Gasteiger partial charge in [0, 0.05) is 48.8 Å². The van der Waals surface area contributed by atoms with Crippen LogP contribution in [0, 0.1) is 5.92 Å². The number of ketones is 1. The maximum absolute atomic E-state index is 12.6. The van der Waals surface area contributed by atoms with Crippen LogP contribution >= 0.6 is 0 Å². The van der Waals surface area contributed by atoms with Crippen molar-refractivity contribution < 1.29 is 4.79 Å². The Bertz CT molecular complexity index is 1900. The summed E-state index contributed by atoms with van der Waals surface area (Å²) in [5.41, 5.74) is 5.94. The van der Waals surface area contributed by atoms with Crippen LogP contribution in [-0.4, -0.2) is 87.5 Å². The Hall–Kier alpha value is -4.67. The number of hydrogen-bond acceptors (Lipinski definition) is 9. The topological polar surface area (TPSA) is 104 Å². The van der Waals surface area contributed by atoms with Crippen LogP contribution in [0.25, 0.3) is 27.7 Å². The van der Waals surface area contributed by atoms with Gasteiger partial charge in [-0.15, -0.1) is 0 Å². The number of carbonyl (C=O) groups excluding carboxylic acids is 1. The van der Waals surface area contributed by atoms with Crippen LogP contribution in [-0.2, 0) is 17.8 Å². The van der Waals surface area contributed by atoms with Crippen LogP contribution in [0.15, 0.2) is 73.1 Å². The number of benzene rings is 2. The lowest BCUT2D eigenvalue weighted by atomic mass is 9.97. The SMILES string of the molecule is CC(C)c1cnn2c(NCc3ccccc3-c3nccc4cc(CC(=O)/C=C/CN(C)C)ccc34)nc(NCC3CCN(C)CC3)nc12. The molecule has 1 fully saturated rings.